The van der Waals surface area contributed by atoms with E-state index in [2.05, 4.69) is 38.4 Å². The lowest BCUT2D eigenvalue weighted by molar-refractivity contribution is -0.903. The minimum Gasteiger partial charge on any atom is -0.463 e. The van der Waals surface area contributed by atoms with Crippen LogP contribution in [-0.4, -0.2) is 37.7 Å². The maximum absolute atomic E-state index is 11.1. The second kappa shape index (κ2) is 8.54. The predicted molar refractivity (Wildman–Crippen MR) is 82.1 cm³/mol. The molecule has 0 amide bonds. The number of hydrogen-bond donors (Lipinski definition) is 0. The molecule has 20 heavy (non-hydrogen) atoms. The number of rotatable bonds is 8. The Morgan fingerprint density at radius 2 is 1.90 bits per heavy atom. The third-order valence-corrected chi connectivity index (χ3v) is 3.16. The smallest absolute Gasteiger partial charge is 0.330 e. The molecule has 110 valence electrons. The first-order chi connectivity index (χ1) is 9.53. The summed E-state index contributed by atoms with van der Waals surface area (Å²) < 4.78 is 6.03. The molecule has 0 saturated heterocycles. The van der Waals surface area contributed by atoms with Gasteiger partial charge in [0.2, 0.25) is 0 Å². The number of allylic oxidation sites excluding steroid dienone is 1. The number of quaternary nitrogens is 1. The van der Waals surface area contributed by atoms with Crippen LogP contribution in [0.5, 0.6) is 0 Å². The van der Waals surface area contributed by atoms with Gasteiger partial charge in [0.1, 0.15) is 6.54 Å². The second-order valence-corrected chi connectivity index (χ2v) is 5.68. The Hall–Kier alpha value is -1.61. The topological polar surface area (TPSA) is 26.3 Å². The van der Waals surface area contributed by atoms with Crippen molar-refractivity contribution >= 4 is 5.97 Å². The SMILES string of the molecule is CC=CC(=O)OCCCC[N+](C)(C)Cc1ccccc1. The molecular weight excluding hydrogens is 250 g/mol. The highest BCUT2D eigenvalue weighted by Crippen LogP contribution is 2.10. The van der Waals surface area contributed by atoms with E-state index in [9.17, 15) is 4.79 Å². The molecular formula is C17H26NO2+. The van der Waals surface area contributed by atoms with Crippen molar-refractivity contribution in [3.8, 4) is 0 Å². The highest BCUT2D eigenvalue weighted by Gasteiger charge is 2.15. The van der Waals surface area contributed by atoms with Crippen LogP contribution in [0.4, 0.5) is 0 Å². The van der Waals surface area contributed by atoms with Gasteiger partial charge < -0.3 is 9.22 Å². The van der Waals surface area contributed by atoms with E-state index in [0.29, 0.717) is 6.61 Å². The first-order valence-electron chi connectivity index (χ1n) is 7.19. The van der Waals surface area contributed by atoms with Gasteiger partial charge in [0.15, 0.2) is 0 Å². The second-order valence-electron chi connectivity index (χ2n) is 5.68. The molecule has 0 spiro atoms. The van der Waals surface area contributed by atoms with Gasteiger partial charge in [-0.1, -0.05) is 36.4 Å². The third-order valence-electron chi connectivity index (χ3n) is 3.16. The minimum absolute atomic E-state index is 0.245. The fourth-order valence-electron chi connectivity index (χ4n) is 2.16. The lowest BCUT2D eigenvalue weighted by Gasteiger charge is -2.30. The summed E-state index contributed by atoms with van der Waals surface area (Å²) in [6.07, 6.45) is 5.13. The Morgan fingerprint density at radius 1 is 1.20 bits per heavy atom. The zero-order valence-corrected chi connectivity index (χ0v) is 12.8. The fourth-order valence-corrected chi connectivity index (χ4v) is 2.16. The van der Waals surface area contributed by atoms with Crippen LogP contribution in [0.25, 0.3) is 0 Å². The maximum atomic E-state index is 11.1. The van der Waals surface area contributed by atoms with Crippen LogP contribution >= 0.6 is 0 Å². The van der Waals surface area contributed by atoms with Gasteiger partial charge in [0.05, 0.1) is 27.2 Å². The third kappa shape index (κ3) is 7.10. The van der Waals surface area contributed by atoms with Crippen molar-refractivity contribution in [2.75, 3.05) is 27.2 Å². The van der Waals surface area contributed by atoms with Crippen LogP contribution in [0, 0.1) is 0 Å². The molecule has 3 nitrogen and oxygen atoms in total. The maximum Gasteiger partial charge on any atom is 0.330 e. The summed E-state index contributed by atoms with van der Waals surface area (Å²) in [5.74, 6) is -0.245. The van der Waals surface area contributed by atoms with Crippen LogP contribution in [0.3, 0.4) is 0 Å². The number of esters is 1. The van der Waals surface area contributed by atoms with Gasteiger partial charge in [-0.25, -0.2) is 4.79 Å². The molecule has 3 heteroatoms. The number of ether oxygens (including phenoxy) is 1. The number of nitrogens with zero attached hydrogens (tertiary/aromatic N) is 1. The van der Waals surface area contributed by atoms with Gasteiger partial charge in [0.25, 0.3) is 0 Å². The van der Waals surface area contributed by atoms with Crippen molar-refractivity contribution in [2.24, 2.45) is 0 Å². The minimum atomic E-state index is -0.245. The van der Waals surface area contributed by atoms with Gasteiger partial charge >= 0.3 is 5.97 Å². The Morgan fingerprint density at radius 3 is 2.55 bits per heavy atom. The monoisotopic (exact) mass is 276 g/mol. The summed E-state index contributed by atoms with van der Waals surface area (Å²) in [5, 5.41) is 0. The number of carbonyl (C=O) groups excluding carboxylic acids is 1. The highest BCUT2D eigenvalue weighted by atomic mass is 16.5. The highest BCUT2D eigenvalue weighted by molar-refractivity contribution is 5.81. The Balaban J connectivity index is 2.21. The van der Waals surface area contributed by atoms with Gasteiger partial charge in [-0.3, -0.25) is 0 Å². The summed E-state index contributed by atoms with van der Waals surface area (Å²) in [4.78, 5) is 11.1. The molecule has 0 aromatic heterocycles. The largest absolute Gasteiger partial charge is 0.463 e. The summed E-state index contributed by atoms with van der Waals surface area (Å²) in [6, 6.07) is 10.5. The zero-order valence-electron chi connectivity index (χ0n) is 12.8. The molecule has 0 aliphatic rings. The van der Waals surface area contributed by atoms with E-state index in [1.54, 1.807) is 6.08 Å². The molecule has 0 unspecified atom stereocenters. The van der Waals surface area contributed by atoms with Gasteiger partial charge in [-0.05, 0) is 19.8 Å². The normalized spacial score (nSPS) is 11.8. The van der Waals surface area contributed by atoms with Crippen molar-refractivity contribution in [1.82, 2.24) is 0 Å². The van der Waals surface area contributed by atoms with E-state index in [1.165, 1.54) is 11.6 Å². The standard InChI is InChI=1S/C17H26NO2/c1-4-10-17(19)20-14-9-8-13-18(2,3)15-16-11-6-5-7-12-16/h4-7,10-12H,8-9,13-15H2,1-3H3/q+1. The first-order valence-corrected chi connectivity index (χ1v) is 7.19. The number of carbonyl (C=O) groups is 1. The molecule has 0 N–H and O–H groups in total. The zero-order chi connectivity index (χ0) is 14.8. The van der Waals surface area contributed by atoms with Crippen molar-refractivity contribution in [1.29, 1.82) is 0 Å². The summed E-state index contributed by atoms with van der Waals surface area (Å²) in [5.41, 5.74) is 1.36. The van der Waals surface area contributed by atoms with Crippen molar-refractivity contribution in [2.45, 2.75) is 26.3 Å². The van der Waals surface area contributed by atoms with Crippen LogP contribution in [0.15, 0.2) is 42.5 Å². The van der Waals surface area contributed by atoms with Crippen LogP contribution in [0.2, 0.25) is 0 Å². The molecule has 0 aliphatic carbocycles. The lowest BCUT2D eigenvalue weighted by atomic mass is 10.2. The van der Waals surface area contributed by atoms with Crippen LogP contribution < -0.4 is 0 Å². The predicted octanol–water partition coefficient (Wildman–Crippen LogP) is 3.16. The van der Waals surface area contributed by atoms with Gasteiger partial charge in [-0.2, -0.15) is 0 Å². The molecule has 0 atom stereocenters. The van der Waals surface area contributed by atoms with E-state index in [1.807, 2.05) is 13.0 Å². The molecule has 0 heterocycles. The Kier molecular flexibility index (Phi) is 7.02. The quantitative estimate of drug-likeness (QED) is 0.315. The molecule has 0 saturated carbocycles. The summed E-state index contributed by atoms with van der Waals surface area (Å²) >= 11 is 0. The number of benzene rings is 1. The lowest BCUT2D eigenvalue weighted by Crippen LogP contribution is -2.39. The first kappa shape index (κ1) is 16.4. The average molecular weight is 276 g/mol. The summed E-state index contributed by atoms with van der Waals surface area (Å²) in [6.45, 7) is 4.43. The van der Waals surface area contributed by atoms with E-state index < -0.39 is 0 Å². The molecule has 1 aromatic carbocycles. The van der Waals surface area contributed by atoms with Crippen molar-refractivity contribution in [3.63, 3.8) is 0 Å². The molecule has 1 aromatic rings. The average Bonchev–Trinajstić information content (AvgIpc) is 2.39. The van der Waals surface area contributed by atoms with E-state index in [4.69, 9.17) is 4.74 Å². The van der Waals surface area contributed by atoms with Crippen LogP contribution in [-0.2, 0) is 16.1 Å². The number of unbranched alkanes of at least 4 members (excludes halogenated alkanes) is 1. The van der Waals surface area contributed by atoms with E-state index >= 15 is 0 Å². The fraction of sp³-hybridized carbons (Fsp3) is 0.471. The molecule has 1 rings (SSSR count). The van der Waals surface area contributed by atoms with Crippen LogP contribution in [0.1, 0.15) is 25.3 Å². The molecule has 0 bridgehead atoms. The van der Waals surface area contributed by atoms with Crippen molar-refractivity contribution < 1.29 is 14.0 Å². The summed E-state index contributed by atoms with van der Waals surface area (Å²) in [7, 11) is 4.47. The molecule has 0 aliphatic heterocycles. The Labute approximate surface area is 122 Å². The van der Waals surface area contributed by atoms with Crippen molar-refractivity contribution in [3.05, 3.63) is 48.0 Å². The van der Waals surface area contributed by atoms with Gasteiger partial charge in [-0.15, -0.1) is 0 Å². The Bertz CT molecular complexity index is 424. The van der Waals surface area contributed by atoms with Gasteiger partial charge in [0, 0.05) is 11.6 Å². The molecule has 0 fully saturated rings. The van der Waals surface area contributed by atoms with E-state index in [-0.39, 0.29) is 5.97 Å². The number of hydrogen-bond acceptors (Lipinski definition) is 2. The van der Waals surface area contributed by atoms with E-state index in [0.717, 1.165) is 30.4 Å². The molecule has 0 radical (unpaired) electrons.